The number of aromatic amines is 1. The predicted molar refractivity (Wildman–Crippen MR) is 144 cm³/mol. The summed E-state index contributed by atoms with van der Waals surface area (Å²) in [6, 6.07) is 22.6. The van der Waals surface area contributed by atoms with Gasteiger partial charge in [0.15, 0.2) is 0 Å². The quantitative estimate of drug-likeness (QED) is 0.237. The summed E-state index contributed by atoms with van der Waals surface area (Å²) >= 11 is 0. The normalized spacial score (nSPS) is 14.1. The van der Waals surface area contributed by atoms with E-state index >= 15 is 0 Å². The maximum Gasteiger partial charge on any atom is 0.250 e. The molecule has 0 aliphatic carbocycles. The van der Waals surface area contributed by atoms with Crippen LogP contribution in [0.2, 0.25) is 0 Å². The van der Waals surface area contributed by atoms with Crippen LogP contribution in [0.15, 0.2) is 71.8 Å². The number of rotatable bonds is 6. The third kappa shape index (κ3) is 4.56. The number of morpholine rings is 1. The van der Waals surface area contributed by atoms with Crippen molar-refractivity contribution in [2.75, 3.05) is 41.9 Å². The zero-order chi connectivity index (χ0) is 24.3. The smallest absolute Gasteiger partial charge is 0.250 e. The minimum absolute atomic E-state index is 0.364. The Morgan fingerprint density at radius 2 is 1.69 bits per heavy atom. The van der Waals surface area contributed by atoms with Crippen molar-refractivity contribution in [3.8, 4) is 0 Å². The summed E-state index contributed by atoms with van der Waals surface area (Å²) in [7, 11) is 0. The molecule has 0 bridgehead atoms. The van der Waals surface area contributed by atoms with Crippen LogP contribution in [0.4, 0.5) is 23.5 Å². The number of H-pyrrole nitrogens is 1. The Kier molecular flexibility index (Phi) is 5.88. The number of ether oxygens (including phenoxy) is 1. The van der Waals surface area contributed by atoms with E-state index < -0.39 is 0 Å². The second-order valence-electron chi connectivity index (χ2n) is 8.65. The average Bonchev–Trinajstić information content (AvgIpc) is 3.24. The Morgan fingerprint density at radius 3 is 2.58 bits per heavy atom. The molecule has 0 atom stereocenters. The number of hydrogen-bond acceptors (Lipinski definition) is 8. The molecule has 0 unspecified atom stereocenters. The summed E-state index contributed by atoms with van der Waals surface area (Å²) < 4.78 is 5.50. The van der Waals surface area contributed by atoms with Gasteiger partial charge in [0.1, 0.15) is 0 Å². The highest BCUT2D eigenvalue weighted by molar-refractivity contribution is 6.00. The number of nitrogens with one attached hydrogen (secondary N) is 3. The number of fused-ring (bicyclic) bond motifs is 2. The topological polar surface area (TPSA) is 103 Å². The predicted octanol–water partition coefficient (Wildman–Crippen LogP) is 4.84. The van der Waals surface area contributed by atoms with Gasteiger partial charge >= 0.3 is 0 Å². The van der Waals surface area contributed by atoms with Crippen molar-refractivity contribution < 1.29 is 4.74 Å². The van der Waals surface area contributed by atoms with Gasteiger partial charge in [0.2, 0.25) is 17.8 Å². The monoisotopic (exact) mass is 478 g/mol. The van der Waals surface area contributed by atoms with Gasteiger partial charge in [-0.2, -0.15) is 20.1 Å². The summed E-state index contributed by atoms with van der Waals surface area (Å²) in [5, 5.41) is 11.2. The minimum atomic E-state index is 0.364. The Labute approximate surface area is 208 Å². The zero-order valence-corrected chi connectivity index (χ0v) is 19.9. The van der Waals surface area contributed by atoms with Gasteiger partial charge in [-0.25, -0.2) is 5.43 Å². The molecule has 9 heteroatoms. The lowest BCUT2D eigenvalue weighted by Gasteiger charge is -2.27. The number of hydrazone groups is 1. The molecule has 3 N–H and O–H groups in total. The van der Waals surface area contributed by atoms with E-state index in [4.69, 9.17) is 4.74 Å². The SMILES string of the molecule is Cc1[nH]c2ccccc2c1/C=N\Nc1nc(Nc2ccc3ccccc3c2)nc(N2CCOCC2)n1. The average molecular weight is 479 g/mol. The fourth-order valence-corrected chi connectivity index (χ4v) is 4.39. The van der Waals surface area contributed by atoms with Gasteiger partial charge in [-0.05, 0) is 35.9 Å². The highest BCUT2D eigenvalue weighted by Gasteiger charge is 2.17. The number of nitrogens with zero attached hydrogens (tertiary/aromatic N) is 5. The molecule has 0 amide bonds. The molecule has 0 radical (unpaired) electrons. The number of para-hydroxylation sites is 1. The van der Waals surface area contributed by atoms with Crippen LogP contribution in [0.5, 0.6) is 0 Å². The summed E-state index contributed by atoms with van der Waals surface area (Å²) in [6.45, 7) is 4.75. The van der Waals surface area contributed by atoms with E-state index in [9.17, 15) is 0 Å². The molecule has 2 aromatic heterocycles. The van der Waals surface area contributed by atoms with Crippen LogP contribution in [0, 0.1) is 6.92 Å². The highest BCUT2D eigenvalue weighted by Crippen LogP contribution is 2.23. The first kappa shape index (κ1) is 22.0. The third-order valence-electron chi connectivity index (χ3n) is 6.22. The van der Waals surface area contributed by atoms with Crippen LogP contribution in [0.25, 0.3) is 21.7 Å². The molecule has 0 saturated carbocycles. The Morgan fingerprint density at radius 1 is 0.917 bits per heavy atom. The van der Waals surface area contributed by atoms with Gasteiger partial charge in [0.25, 0.3) is 0 Å². The molecule has 3 heterocycles. The van der Waals surface area contributed by atoms with Crippen molar-refractivity contribution in [2.45, 2.75) is 6.92 Å². The summed E-state index contributed by atoms with van der Waals surface area (Å²) in [6.07, 6.45) is 1.79. The number of anilines is 4. The maximum absolute atomic E-state index is 5.50. The van der Waals surface area contributed by atoms with Crippen LogP contribution in [-0.4, -0.2) is 52.5 Å². The van der Waals surface area contributed by atoms with E-state index in [1.165, 1.54) is 5.39 Å². The van der Waals surface area contributed by atoms with E-state index in [1.807, 2.05) is 37.3 Å². The lowest BCUT2D eigenvalue weighted by Crippen LogP contribution is -2.37. The molecule has 3 aromatic carbocycles. The fraction of sp³-hybridized carbons (Fsp3) is 0.185. The third-order valence-corrected chi connectivity index (χ3v) is 6.22. The van der Waals surface area contributed by atoms with Gasteiger partial charge in [-0.1, -0.05) is 48.5 Å². The molecule has 9 nitrogen and oxygen atoms in total. The first-order chi connectivity index (χ1) is 17.7. The standard InChI is InChI=1S/C27H26N8O/c1-18-23(22-8-4-5-9-24(22)29-18)17-28-34-26-31-25(32-27(33-26)35-12-14-36-15-13-35)30-21-11-10-19-6-2-3-7-20(19)16-21/h2-11,16-17,29H,12-15H2,1H3,(H2,30,31,32,33,34)/b28-17-. The van der Waals surface area contributed by atoms with Gasteiger partial charge in [0.05, 0.1) is 19.4 Å². The van der Waals surface area contributed by atoms with E-state index in [0.29, 0.717) is 31.1 Å². The van der Waals surface area contributed by atoms with Crippen LogP contribution >= 0.6 is 0 Å². The first-order valence-electron chi connectivity index (χ1n) is 11.9. The number of aromatic nitrogens is 4. The second kappa shape index (κ2) is 9.63. The Hall–Kier alpha value is -4.50. The molecule has 0 spiro atoms. The van der Waals surface area contributed by atoms with Crippen LogP contribution in [0.3, 0.4) is 0 Å². The molecule has 6 rings (SSSR count). The molecule has 5 aromatic rings. The van der Waals surface area contributed by atoms with Crippen LogP contribution < -0.4 is 15.6 Å². The van der Waals surface area contributed by atoms with Crippen molar-refractivity contribution in [2.24, 2.45) is 5.10 Å². The van der Waals surface area contributed by atoms with E-state index in [-0.39, 0.29) is 0 Å². The summed E-state index contributed by atoms with van der Waals surface area (Å²) in [5.74, 6) is 1.39. The van der Waals surface area contributed by atoms with Gasteiger partial charge < -0.3 is 19.9 Å². The maximum atomic E-state index is 5.50. The first-order valence-corrected chi connectivity index (χ1v) is 11.9. The molecular weight excluding hydrogens is 452 g/mol. The molecule has 1 aliphatic heterocycles. The highest BCUT2D eigenvalue weighted by atomic mass is 16.5. The van der Waals surface area contributed by atoms with Crippen LogP contribution in [-0.2, 0) is 4.74 Å². The van der Waals surface area contributed by atoms with E-state index in [0.717, 1.165) is 46.3 Å². The molecule has 1 fully saturated rings. The molecule has 1 saturated heterocycles. The number of aryl methyl sites for hydroxylation is 1. The van der Waals surface area contributed by atoms with Gasteiger partial charge in [-0.15, -0.1) is 0 Å². The zero-order valence-electron chi connectivity index (χ0n) is 19.9. The van der Waals surface area contributed by atoms with Gasteiger partial charge in [-0.3, -0.25) is 0 Å². The van der Waals surface area contributed by atoms with Crippen molar-refractivity contribution in [3.05, 3.63) is 78.0 Å². The van der Waals surface area contributed by atoms with Crippen molar-refractivity contribution in [1.29, 1.82) is 0 Å². The summed E-state index contributed by atoms with van der Waals surface area (Å²) in [5.41, 5.74) is 7.05. The lowest BCUT2D eigenvalue weighted by atomic mass is 10.1. The lowest BCUT2D eigenvalue weighted by molar-refractivity contribution is 0.122. The number of benzene rings is 3. The van der Waals surface area contributed by atoms with E-state index in [2.05, 4.69) is 77.1 Å². The van der Waals surface area contributed by atoms with Crippen LogP contribution in [0.1, 0.15) is 11.3 Å². The van der Waals surface area contributed by atoms with Crippen molar-refractivity contribution in [3.63, 3.8) is 0 Å². The molecule has 1 aliphatic rings. The Balaban J connectivity index is 1.29. The van der Waals surface area contributed by atoms with Crippen molar-refractivity contribution >= 4 is 51.4 Å². The van der Waals surface area contributed by atoms with Gasteiger partial charge in [0, 0.05) is 40.9 Å². The molecule has 36 heavy (non-hydrogen) atoms. The molecular formula is C27H26N8O. The largest absolute Gasteiger partial charge is 0.378 e. The van der Waals surface area contributed by atoms with E-state index in [1.54, 1.807) is 6.21 Å². The fourth-order valence-electron chi connectivity index (χ4n) is 4.39. The van der Waals surface area contributed by atoms with Crippen molar-refractivity contribution in [1.82, 2.24) is 19.9 Å². The minimum Gasteiger partial charge on any atom is -0.378 e. The molecule has 180 valence electrons. The number of hydrogen-bond donors (Lipinski definition) is 3. The second-order valence-corrected chi connectivity index (χ2v) is 8.65. The summed E-state index contributed by atoms with van der Waals surface area (Å²) in [4.78, 5) is 19.4. The Bertz CT molecular complexity index is 1550.